The van der Waals surface area contributed by atoms with Gasteiger partial charge in [0.15, 0.2) is 0 Å². The second-order valence-corrected chi connectivity index (χ2v) is 8.75. The van der Waals surface area contributed by atoms with Crippen LogP contribution in [0.3, 0.4) is 0 Å². The van der Waals surface area contributed by atoms with E-state index in [2.05, 4.69) is 68.3 Å². The van der Waals surface area contributed by atoms with Crippen LogP contribution < -0.4 is 5.32 Å². The van der Waals surface area contributed by atoms with Crippen molar-refractivity contribution in [2.75, 3.05) is 6.54 Å². The van der Waals surface area contributed by atoms with Gasteiger partial charge in [-0.2, -0.15) is 0 Å². The van der Waals surface area contributed by atoms with Gasteiger partial charge in [-0.15, -0.1) is 0 Å². The van der Waals surface area contributed by atoms with Crippen molar-refractivity contribution in [3.8, 4) is 0 Å². The molecular weight excluding hydrogens is 402 g/mol. The molecule has 0 unspecified atom stereocenters. The maximum absolute atomic E-state index is 12.0. The van der Waals surface area contributed by atoms with Gasteiger partial charge in [0.25, 0.3) is 0 Å². The first-order valence-corrected chi connectivity index (χ1v) is 10.1. The third-order valence-corrected chi connectivity index (χ3v) is 5.06. The molecule has 0 bridgehead atoms. The van der Waals surface area contributed by atoms with Crippen LogP contribution in [0.25, 0.3) is 11.0 Å². The van der Waals surface area contributed by atoms with Gasteiger partial charge < -0.3 is 9.88 Å². The van der Waals surface area contributed by atoms with Gasteiger partial charge in [0, 0.05) is 29.4 Å². The Balaban J connectivity index is 1.74. The lowest BCUT2D eigenvalue weighted by atomic mass is 9.96. The molecule has 2 aromatic carbocycles. The molecule has 0 aliphatic carbocycles. The van der Waals surface area contributed by atoms with E-state index >= 15 is 0 Å². The number of halogens is 1. The average molecular weight is 428 g/mol. The van der Waals surface area contributed by atoms with Gasteiger partial charge in [-0.3, -0.25) is 4.79 Å². The summed E-state index contributed by atoms with van der Waals surface area (Å²) in [6.45, 7) is 7.25. The molecule has 3 aromatic rings. The molecule has 1 amide bonds. The highest BCUT2D eigenvalue weighted by molar-refractivity contribution is 9.10. The van der Waals surface area contributed by atoms with Crippen molar-refractivity contribution in [3.05, 3.63) is 64.4 Å². The highest BCUT2D eigenvalue weighted by Gasteiger charge is 2.20. The van der Waals surface area contributed by atoms with Crippen LogP contribution in [0, 0.1) is 5.41 Å². The van der Waals surface area contributed by atoms with E-state index in [0.717, 1.165) is 40.7 Å². The minimum atomic E-state index is -0.352. The molecule has 1 aromatic heterocycles. The van der Waals surface area contributed by atoms with Crippen LogP contribution in [0.2, 0.25) is 0 Å². The fourth-order valence-electron chi connectivity index (χ4n) is 2.98. The molecule has 4 nitrogen and oxygen atoms in total. The number of aryl methyl sites for hydroxylation is 1. The van der Waals surface area contributed by atoms with Crippen molar-refractivity contribution < 1.29 is 4.79 Å². The molecule has 5 heteroatoms. The van der Waals surface area contributed by atoms with Crippen LogP contribution in [-0.4, -0.2) is 22.0 Å². The van der Waals surface area contributed by atoms with Crippen LogP contribution in [0.1, 0.15) is 38.6 Å². The third-order valence-electron chi connectivity index (χ3n) is 4.53. The number of hydrogen-bond donors (Lipinski definition) is 1. The van der Waals surface area contributed by atoms with Crippen LogP contribution in [0.15, 0.2) is 53.0 Å². The van der Waals surface area contributed by atoms with Crippen LogP contribution in [0.5, 0.6) is 0 Å². The van der Waals surface area contributed by atoms with Crippen molar-refractivity contribution in [2.24, 2.45) is 5.41 Å². The van der Waals surface area contributed by atoms with Crippen LogP contribution in [-0.2, 0) is 17.8 Å². The zero-order valence-corrected chi connectivity index (χ0v) is 17.7. The van der Waals surface area contributed by atoms with Gasteiger partial charge in [0.1, 0.15) is 5.82 Å². The predicted molar refractivity (Wildman–Crippen MR) is 114 cm³/mol. The van der Waals surface area contributed by atoms with E-state index in [1.165, 1.54) is 5.56 Å². The molecule has 1 heterocycles. The topological polar surface area (TPSA) is 46.9 Å². The Kier molecular flexibility index (Phi) is 6.00. The second kappa shape index (κ2) is 8.26. The van der Waals surface area contributed by atoms with Crippen molar-refractivity contribution in [1.82, 2.24) is 14.9 Å². The normalized spacial score (nSPS) is 11.7. The summed E-state index contributed by atoms with van der Waals surface area (Å²) in [7, 11) is 0. The Hall–Kier alpha value is -2.14. The summed E-state index contributed by atoms with van der Waals surface area (Å²) in [4.78, 5) is 16.8. The van der Waals surface area contributed by atoms with E-state index in [9.17, 15) is 4.79 Å². The van der Waals surface area contributed by atoms with Crippen molar-refractivity contribution >= 4 is 32.9 Å². The summed E-state index contributed by atoms with van der Waals surface area (Å²) in [5.74, 6) is 1.15. The molecule has 142 valence electrons. The number of imidazole rings is 1. The highest BCUT2D eigenvalue weighted by Crippen LogP contribution is 2.20. The number of para-hydroxylation sites is 2. The van der Waals surface area contributed by atoms with Crippen molar-refractivity contribution in [1.29, 1.82) is 0 Å². The maximum atomic E-state index is 12.0. The quantitative estimate of drug-likeness (QED) is 0.566. The molecule has 0 radical (unpaired) electrons. The number of amides is 1. The van der Waals surface area contributed by atoms with E-state index in [1.807, 2.05) is 26.8 Å². The lowest BCUT2D eigenvalue weighted by molar-refractivity contribution is -0.128. The Bertz CT molecular complexity index is 923. The van der Waals surface area contributed by atoms with Gasteiger partial charge >= 0.3 is 0 Å². The largest absolute Gasteiger partial charge is 0.356 e. The number of carbonyl (C=O) groups is 1. The molecule has 0 atom stereocenters. The number of nitrogens with zero attached hydrogens (tertiary/aromatic N) is 2. The monoisotopic (exact) mass is 427 g/mol. The molecular formula is C22H26BrN3O. The number of carbonyl (C=O) groups excluding carboxylic acids is 1. The lowest BCUT2D eigenvalue weighted by Gasteiger charge is -2.17. The zero-order chi connectivity index (χ0) is 19.4. The summed E-state index contributed by atoms with van der Waals surface area (Å²) in [5, 5.41) is 3.02. The summed E-state index contributed by atoms with van der Waals surface area (Å²) in [6, 6.07) is 16.6. The van der Waals surface area contributed by atoms with Crippen molar-refractivity contribution in [2.45, 2.75) is 40.2 Å². The lowest BCUT2D eigenvalue weighted by Crippen LogP contribution is -2.35. The first-order valence-electron chi connectivity index (χ1n) is 9.31. The van der Waals surface area contributed by atoms with Gasteiger partial charge in [0.2, 0.25) is 5.91 Å². The molecule has 0 aliphatic heterocycles. The first kappa shape index (κ1) is 19.6. The highest BCUT2D eigenvalue weighted by atomic mass is 79.9. The van der Waals surface area contributed by atoms with E-state index in [-0.39, 0.29) is 11.3 Å². The van der Waals surface area contributed by atoms with E-state index in [4.69, 9.17) is 4.98 Å². The van der Waals surface area contributed by atoms with E-state index < -0.39 is 0 Å². The van der Waals surface area contributed by atoms with Gasteiger partial charge in [-0.1, -0.05) is 61.0 Å². The Morgan fingerprint density at radius 2 is 1.81 bits per heavy atom. The summed E-state index contributed by atoms with van der Waals surface area (Å²) in [5.41, 5.74) is 3.05. The number of fused-ring (bicyclic) bond motifs is 1. The fraction of sp³-hybridized carbons (Fsp3) is 0.364. The number of nitrogens with one attached hydrogen (secondary N) is 1. The molecule has 3 rings (SSSR count). The van der Waals surface area contributed by atoms with Crippen LogP contribution >= 0.6 is 15.9 Å². The van der Waals surface area contributed by atoms with Crippen molar-refractivity contribution in [3.63, 3.8) is 0 Å². The first-order chi connectivity index (χ1) is 12.8. The molecule has 0 saturated carbocycles. The molecule has 0 spiro atoms. The molecule has 0 aliphatic rings. The number of benzene rings is 2. The summed E-state index contributed by atoms with van der Waals surface area (Å²) < 4.78 is 3.36. The van der Waals surface area contributed by atoms with E-state index in [0.29, 0.717) is 6.54 Å². The Labute approximate surface area is 169 Å². The summed E-state index contributed by atoms with van der Waals surface area (Å²) in [6.07, 6.45) is 1.70. The third kappa shape index (κ3) is 4.98. The fourth-order valence-corrected chi connectivity index (χ4v) is 3.24. The van der Waals surface area contributed by atoms with Gasteiger partial charge in [-0.05, 0) is 36.2 Å². The van der Waals surface area contributed by atoms with Crippen LogP contribution in [0.4, 0.5) is 0 Å². The van der Waals surface area contributed by atoms with E-state index in [1.54, 1.807) is 0 Å². The zero-order valence-electron chi connectivity index (χ0n) is 16.1. The predicted octanol–water partition coefficient (Wildman–Crippen LogP) is 4.94. The minimum Gasteiger partial charge on any atom is -0.356 e. The molecule has 27 heavy (non-hydrogen) atoms. The van der Waals surface area contributed by atoms with Gasteiger partial charge in [-0.25, -0.2) is 4.98 Å². The SMILES string of the molecule is CC(C)(C)C(=O)NCCCc1nc2ccccc2n1Cc1ccc(Br)cc1. The second-order valence-electron chi connectivity index (χ2n) is 7.84. The average Bonchev–Trinajstić information content (AvgIpc) is 2.97. The number of rotatable bonds is 6. The minimum absolute atomic E-state index is 0.0888. The Morgan fingerprint density at radius 1 is 1.11 bits per heavy atom. The molecule has 0 fully saturated rings. The molecule has 0 saturated heterocycles. The standard InChI is InChI=1S/C22H26BrN3O/c1-22(2,3)21(27)24-14-6-9-20-25-18-7-4-5-8-19(18)26(20)15-16-10-12-17(23)13-11-16/h4-5,7-8,10-13H,6,9,14-15H2,1-3H3,(H,24,27). The summed E-state index contributed by atoms with van der Waals surface area (Å²) >= 11 is 3.49. The smallest absolute Gasteiger partial charge is 0.225 e. The molecule has 1 N–H and O–H groups in total. The number of aromatic nitrogens is 2. The Morgan fingerprint density at radius 3 is 2.52 bits per heavy atom. The van der Waals surface area contributed by atoms with Gasteiger partial charge in [0.05, 0.1) is 11.0 Å². The maximum Gasteiger partial charge on any atom is 0.225 e. The number of hydrogen-bond acceptors (Lipinski definition) is 2.